The predicted octanol–water partition coefficient (Wildman–Crippen LogP) is 1.01. The Hall–Kier alpha value is -2.48. The van der Waals surface area contributed by atoms with Crippen LogP contribution >= 0.6 is 0 Å². The molecule has 8 heteroatoms. The molecule has 0 bridgehead atoms. The summed E-state index contributed by atoms with van der Waals surface area (Å²) in [6, 6.07) is 2.37. The van der Waals surface area contributed by atoms with Crippen LogP contribution in [0.5, 0.6) is 0 Å². The Kier molecular flexibility index (Phi) is 5.54. The van der Waals surface area contributed by atoms with Gasteiger partial charge in [-0.15, -0.1) is 0 Å². The average Bonchev–Trinajstić information content (AvgIpc) is 3.41. The molecule has 1 saturated heterocycles. The van der Waals surface area contributed by atoms with Crippen LogP contribution in [0.25, 0.3) is 5.65 Å². The van der Waals surface area contributed by atoms with Crippen molar-refractivity contribution < 1.29 is 9.59 Å². The number of nitrogens with one attached hydrogen (secondary N) is 1. The molecule has 2 aliphatic rings. The van der Waals surface area contributed by atoms with E-state index in [1.54, 1.807) is 0 Å². The SMILES string of the molecule is Cc1cc2nc(C)c(CCC(=O)N3CCN(CC(=O)NC4CC4)CC3)c(C)n2n1. The second-order valence-corrected chi connectivity index (χ2v) is 8.32. The summed E-state index contributed by atoms with van der Waals surface area (Å²) in [5.41, 5.74) is 4.92. The number of aryl methyl sites for hydroxylation is 3. The highest BCUT2D eigenvalue weighted by atomic mass is 16.2. The van der Waals surface area contributed by atoms with Gasteiger partial charge in [-0.2, -0.15) is 5.10 Å². The molecule has 0 spiro atoms. The van der Waals surface area contributed by atoms with Crippen LogP contribution in [0, 0.1) is 20.8 Å². The zero-order valence-corrected chi connectivity index (χ0v) is 17.6. The van der Waals surface area contributed by atoms with E-state index in [0.717, 1.165) is 54.2 Å². The number of rotatable bonds is 6. The summed E-state index contributed by atoms with van der Waals surface area (Å²) >= 11 is 0. The molecule has 0 atom stereocenters. The third kappa shape index (κ3) is 4.58. The molecule has 1 aliphatic heterocycles. The lowest BCUT2D eigenvalue weighted by atomic mass is 10.1. The number of hydrogen-bond donors (Lipinski definition) is 1. The zero-order chi connectivity index (χ0) is 20.5. The lowest BCUT2D eigenvalue weighted by Gasteiger charge is -2.34. The maximum Gasteiger partial charge on any atom is 0.234 e. The first-order valence-electron chi connectivity index (χ1n) is 10.5. The summed E-state index contributed by atoms with van der Waals surface area (Å²) in [4.78, 5) is 33.4. The van der Waals surface area contributed by atoms with Gasteiger partial charge in [-0.05, 0) is 45.6 Å². The Morgan fingerprint density at radius 2 is 1.86 bits per heavy atom. The van der Waals surface area contributed by atoms with Gasteiger partial charge in [-0.3, -0.25) is 14.5 Å². The normalized spacial score (nSPS) is 17.7. The smallest absolute Gasteiger partial charge is 0.234 e. The molecule has 0 aromatic carbocycles. The van der Waals surface area contributed by atoms with Crippen molar-refractivity contribution in [3.63, 3.8) is 0 Å². The van der Waals surface area contributed by atoms with Gasteiger partial charge in [0.1, 0.15) is 0 Å². The van der Waals surface area contributed by atoms with Crippen molar-refractivity contribution in [2.45, 2.75) is 52.5 Å². The van der Waals surface area contributed by atoms with Crippen molar-refractivity contribution in [1.29, 1.82) is 0 Å². The standard InChI is InChI=1S/C21H30N6O2/c1-14-12-19-22-15(2)18(16(3)27(19)24-14)6-7-21(29)26-10-8-25(9-11-26)13-20(28)23-17-4-5-17/h12,17H,4-11,13H2,1-3H3,(H,23,28). The first-order chi connectivity index (χ1) is 13.9. The van der Waals surface area contributed by atoms with Gasteiger partial charge in [-0.1, -0.05) is 0 Å². The van der Waals surface area contributed by atoms with Crippen LogP contribution < -0.4 is 5.32 Å². The molecular formula is C21H30N6O2. The molecule has 156 valence electrons. The van der Waals surface area contributed by atoms with E-state index in [1.165, 1.54) is 0 Å². The Bertz CT molecular complexity index is 925. The first-order valence-corrected chi connectivity index (χ1v) is 10.5. The first kappa shape index (κ1) is 19.8. The van der Waals surface area contributed by atoms with Crippen molar-refractivity contribution in [2.75, 3.05) is 32.7 Å². The second kappa shape index (κ2) is 8.10. The number of carbonyl (C=O) groups is 2. The Balaban J connectivity index is 1.29. The van der Waals surface area contributed by atoms with E-state index in [2.05, 4.69) is 20.3 Å². The minimum absolute atomic E-state index is 0.106. The van der Waals surface area contributed by atoms with E-state index in [0.29, 0.717) is 38.5 Å². The zero-order valence-electron chi connectivity index (χ0n) is 17.6. The number of carbonyl (C=O) groups excluding carboxylic acids is 2. The Labute approximate surface area is 171 Å². The molecule has 2 fully saturated rings. The van der Waals surface area contributed by atoms with Crippen LogP contribution in [-0.4, -0.2) is 75.0 Å². The number of nitrogens with zero attached hydrogens (tertiary/aromatic N) is 5. The fourth-order valence-electron chi connectivity index (χ4n) is 4.05. The molecule has 1 aliphatic carbocycles. The molecule has 2 amide bonds. The maximum atomic E-state index is 12.7. The van der Waals surface area contributed by atoms with E-state index < -0.39 is 0 Å². The molecule has 1 N–H and O–H groups in total. The average molecular weight is 399 g/mol. The summed E-state index contributed by atoms with van der Waals surface area (Å²) in [6.07, 6.45) is 3.35. The van der Waals surface area contributed by atoms with Crippen LogP contribution in [0.3, 0.4) is 0 Å². The number of aromatic nitrogens is 3. The largest absolute Gasteiger partial charge is 0.352 e. The van der Waals surface area contributed by atoms with Crippen LogP contribution in [0.1, 0.15) is 41.9 Å². The van der Waals surface area contributed by atoms with Crippen LogP contribution in [0.2, 0.25) is 0 Å². The molecule has 0 unspecified atom stereocenters. The van der Waals surface area contributed by atoms with Gasteiger partial charge in [0, 0.05) is 56.1 Å². The Morgan fingerprint density at radius 1 is 1.14 bits per heavy atom. The summed E-state index contributed by atoms with van der Waals surface area (Å²) < 4.78 is 1.87. The van der Waals surface area contributed by atoms with Crippen LogP contribution in [-0.2, 0) is 16.0 Å². The van der Waals surface area contributed by atoms with E-state index in [9.17, 15) is 9.59 Å². The number of fused-ring (bicyclic) bond motifs is 1. The van der Waals surface area contributed by atoms with Crippen molar-refractivity contribution in [3.8, 4) is 0 Å². The van der Waals surface area contributed by atoms with E-state index in [-0.39, 0.29) is 11.8 Å². The summed E-state index contributed by atoms with van der Waals surface area (Å²) in [6.45, 7) is 9.31. The Morgan fingerprint density at radius 3 is 2.55 bits per heavy atom. The summed E-state index contributed by atoms with van der Waals surface area (Å²) in [5.74, 6) is 0.276. The van der Waals surface area contributed by atoms with E-state index in [1.807, 2.05) is 36.3 Å². The summed E-state index contributed by atoms with van der Waals surface area (Å²) in [5, 5.41) is 7.53. The minimum Gasteiger partial charge on any atom is -0.352 e. The molecule has 2 aromatic heterocycles. The van der Waals surface area contributed by atoms with Gasteiger partial charge in [-0.25, -0.2) is 9.50 Å². The van der Waals surface area contributed by atoms with Crippen molar-refractivity contribution in [3.05, 3.63) is 28.7 Å². The number of amides is 2. The highest BCUT2D eigenvalue weighted by Crippen LogP contribution is 2.19. The molecule has 0 radical (unpaired) electrons. The number of hydrogen-bond acceptors (Lipinski definition) is 5. The number of piperazine rings is 1. The maximum absolute atomic E-state index is 12.7. The molecule has 29 heavy (non-hydrogen) atoms. The van der Waals surface area contributed by atoms with Gasteiger partial charge in [0.25, 0.3) is 0 Å². The topological polar surface area (TPSA) is 82.8 Å². The van der Waals surface area contributed by atoms with Crippen molar-refractivity contribution in [2.24, 2.45) is 0 Å². The lowest BCUT2D eigenvalue weighted by Crippen LogP contribution is -2.51. The van der Waals surface area contributed by atoms with Crippen LogP contribution in [0.4, 0.5) is 0 Å². The molecule has 3 heterocycles. The molecule has 2 aromatic rings. The molecule has 8 nitrogen and oxygen atoms in total. The van der Waals surface area contributed by atoms with Gasteiger partial charge in [0.2, 0.25) is 11.8 Å². The van der Waals surface area contributed by atoms with Crippen molar-refractivity contribution >= 4 is 17.5 Å². The monoisotopic (exact) mass is 398 g/mol. The molecule has 1 saturated carbocycles. The van der Waals surface area contributed by atoms with Crippen LogP contribution in [0.15, 0.2) is 6.07 Å². The van der Waals surface area contributed by atoms with Crippen molar-refractivity contribution in [1.82, 2.24) is 29.7 Å². The van der Waals surface area contributed by atoms with Gasteiger partial charge >= 0.3 is 0 Å². The van der Waals surface area contributed by atoms with Gasteiger partial charge in [0.15, 0.2) is 5.65 Å². The quantitative estimate of drug-likeness (QED) is 0.785. The second-order valence-electron chi connectivity index (χ2n) is 8.32. The summed E-state index contributed by atoms with van der Waals surface area (Å²) in [7, 11) is 0. The molecular weight excluding hydrogens is 368 g/mol. The fourth-order valence-corrected chi connectivity index (χ4v) is 4.05. The van der Waals surface area contributed by atoms with Gasteiger partial charge < -0.3 is 10.2 Å². The fraction of sp³-hybridized carbons (Fsp3) is 0.619. The highest BCUT2D eigenvalue weighted by molar-refractivity contribution is 5.79. The minimum atomic E-state index is 0.106. The van der Waals surface area contributed by atoms with E-state index >= 15 is 0 Å². The lowest BCUT2D eigenvalue weighted by molar-refractivity contribution is -0.133. The predicted molar refractivity (Wildman–Crippen MR) is 110 cm³/mol. The van der Waals surface area contributed by atoms with Gasteiger partial charge in [0.05, 0.1) is 12.2 Å². The molecule has 4 rings (SSSR count). The third-order valence-electron chi connectivity index (χ3n) is 5.91. The third-order valence-corrected chi connectivity index (χ3v) is 5.91. The van der Waals surface area contributed by atoms with E-state index in [4.69, 9.17) is 0 Å². The highest BCUT2D eigenvalue weighted by Gasteiger charge is 2.26.